The minimum Gasteiger partial charge on any atom is -0.481 e. The standard InChI is InChI=1S/C24H21NO4/c1-15-5-3-6-17(9-15)12-25-19-8-4-7-18(13-26)23(19)24-20(25)10-16(2)11-21(24)29-14-22(27)28/h3-11,13H,12,14H2,1-2H3,(H,27,28). The summed E-state index contributed by atoms with van der Waals surface area (Å²) in [6.45, 7) is 4.20. The summed E-state index contributed by atoms with van der Waals surface area (Å²) in [7, 11) is 0. The quantitative estimate of drug-likeness (QED) is 0.486. The van der Waals surface area contributed by atoms with Crippen LogP contribution in [0.3, 0.4) is 0 Å². The summed E-state index contributed by atoms with van der Waals surface area (Å²) in [5.41, 5.74) is 5.67. The first-order valence-electron chi connectivity index (χ1n) is 9.39. The Balaban J connectivity index is 2.03. The second kappa shape index (κ2) is 7.43. The lowest BCUT2D eigenvalue weighted by Gasteiger charge is -2.11. The fourth-order valence-electron chi connectivity index (χ4n) is 3.90. The zero-order valence-corrected chi connectivity index (χ0v) is 16.3. The minimum atomic E-state index is -1.04. The van der Waals surface area contributed by atoms with Gasteiger partial charge in [0.15, 0.2) is 12.9 Å². The van der Waals surface area contributed by atoms with Gasteiger partial charge in [0.1, 0.15) is 5.75 Å². The highest BCUT2D eigenvalue weighted by molar-refractivity contribution is 6.17. The summed E-state index contributed by atoms with van der Waals surface area (Å²) in [6.07, 6.45) is 0.833. The zero-order valence-electron chi connectivity index (χ0n) is 16.3. The first-order valence-corrected chi connectivity index (χ1v) is 9.39. The number of rotatable bonds is 6. The predicted molar refractivity (Wildman–Crippen MR) is 113 cm³/mol. The summed E-state index contributed by atoms with van der Waals surface area (Å²) in [5.74, 6) is -0.566. The number of carbonyl (C=O) groups is 2. The van der Waals surface area contributed by atoms with Gasteiger partial charge in [0, 0.05) is 17.5 Å². The molecule has 3 aromatic carbocycles. The molecule has 1 N–H and O–H groups in total. The monoisotopic (exact) mass is 387 g/mol. The molecule has 0 bridgehead atoms. The van der Waals surface area contributed by atoms with Crippen LogP contribution in [0, 0.1) is 13.8 Å². The second-order valence-electron chi connectivity index (χ2n) is 7.27. The average molecular weight is 387 g/mol. The van der Waals surface area contributed by atoms with Gasteiger partial charge in [-0.25, -0.2) is 4.79 Å². The van der Waals surface area contributed by atoms with Crippen molar-refractivity contribution in [3.05, 3.63) is 76.9 Å². The lowest BCUT2D eigenvalue weighted by Crippen LogP contribution is -2.09. The number of carboxylic acids is 1. The molecule has 5 heteroatoms. The minimum absolute atomic E-state index is 0.438. The van der Waals surface area contributed by atoms with Gasteiger partial charge in [0.2, 0.25) is 0 Å². The molecule has 0 atom stereocenters. The number of aryl methyl sites for hydroxylation is 2. The summed E-state index contributed by atoms with van der Waals surface area (Å²) < 4.78 is 7.78. The molecule has 0 aliphatic heterocycles. The van der Waals surface area contributed by atoms with Crippen LogP contribution in [0.2, 0.25) is 0 Å². The summed E-state index contributed by atoms with van der Waals surface area (Å²) in [6, 6.07) is 17.8. The van der Waals surface area contributed by atoms with Gasteiger partial charge >= 0.3 is 5.97 Å². The number of fused-ring (bicyclic) bond motifs is 3. The molecular formula is C24H21NO4. The van der Waals surface area contributed by atoms with Crippen LogP contribution in [-0.2, 0) is 11.3 Å². The Morgan fingerprint density at radius 3 is 2.52 bits per heavy atom. The van der Waals surface area contributed by atoms with Crippen molar-refractivity contribution in [1.29, 1.82) is 0 Å². The fraction of sp³-hybridized carbons (Fsp3) is 0.167. The van der Waals surface area contributed by atoms with Crippen molar-refractivity contribution in [2.75, 3.05) is 6.61 Å². The van der Waals surface area contributed by atoms with Gasteiger partial charge in [-0.2, -0.15) is 0 Å². The van der Waals surface area contributed by atoms with Gasteiger partial charge < -0.3 is 14.4 Å². The molecule has 0 amide bonds. The van der Waals surface area contributed by atoms with Gasteiger partial charge in [-0.1, -0.05) is 42.0 Å². The Hall–Kier alpha value is -3.60. The Bertz CT molecular complexity index is 1250. The van der Waals surface area contributed by atoms with E-state index in [0.717, 1.165) is 39.2 Å². The average Bonchev–Trinajstić information content (AvgIpc) is 3.00. The number of aldehydes is 1. The van der Waals surface area contributed by atoms with Gasteiger partial charge in [-0.15, -0.1) is 0 Å². The highest BCUT2D eigenvalue weighted by atomic mass is 16.5. The molecule has 4 rings (SSSR count). The molecule has 0 unspecified atom stereocenters. The first-order chi connectivity index (χ1) is 14.0. The molecule has 0 radical (unpaired) electrons. The molecule has 0 aliphatic rings. The van der Waals surface area contributed by atoms with Crippen LogP contribution < -0.4 is 4.74 Å². The van der Waals surface area contributed by atoms with Gasteiger partial charge in [-0.3, -0.25) is 4.79 Å². The van der Waals surface area contributed by atoms with E-state index in [0.29, 0.717) is 17.9 Å². The Labute approximate surface area is 168 Å². The molecule has 4 aromatic rings. The van der Waals surface area contributed by atoms with E-state index in [1.165, 1.54) is 5.56 Å². The van der Waals surface area contributed by atoms with Crippen molar-refractivity contribution in [2.24, 2.45) is 0 Å². The third-order valence-corrected chi connectivity index (χ3v) is 5.03. The third kappa shape index (κ3) is 3.47. The van der Waals surface area contributed by atoms with E-state index in [4.69, 9.17) is 9.84 Å². The summed E-state index contributed by atoms with van der Waals surface area (Å²) >= 11 is 0. The number of carboxylic acid groups (broad SMARTS) is 1. The number of hydrogen-bond donors (Lipinski definition) is 1. The van der Waals surface area contributed by atoms with Crippen molar-refractivity contribution >= 4 is 34.1 Å². The van der Waals surface area contributed by atoms with Crippen molar-refractivity contribution in [1.82, 2.24) is 4.57 Å². The molecule has 0 fully saturated rings. The highest BCUT2D eigenvalue weighted by Crippen LogP contribution is 2.38. The maximum absolute atomic E-state index is 11.8. The van der Waals surface area contributed by atoms with Crippen LogP contribution in [-0.4, -0.2) is 28.5 Å². The Kier molecular flexibility index (Phi) is 4.80. The van der Waals surface area contributed by atoms with E-state index in [1.807, 2.05) is 37.3 Å². The number of aromatic nitrogens is 1. The molecule has 29 heavy (non-hydrogen) atoms. The van der Waals surface area contributed by atoms with Crippen LogP contribution >= 0.6 is 0 Å². The Morgan fingerprint density at radius 2 is 1.79 bits per heavy atom. The molecule has 1 aromatic heterocycles. The normalized spacial score (nSPS) is 11.1. The van der Waals surface area contributed by atoms with E-state index < -0.39 is 12.6 Å². The molecule has 0 saturated carbocycles. The maximum atomic E-state index is 11.8. The van der Waals surface area contributed by atoms with E-state index in [2.05, 4.69) is 29.7 Å². The smallest absolute Gasteiger partial charge is 0.341 e. The molecule has 0 saturated heterocycles. The molecular weight excluding hydrogens is 366 g/mol. The number of aliphatic carboxylic acids is 1. The topological polar surface area (TPSA) is 68.5 Å². The fourth-order valence-corrected chi connectivity index (χ4v) is 3.90. The number of hydrogen-bond acceptors (Lipinski definition) is 3. The van der Waals surface area contributed by atoms with Crippen LogP contribution in [0.15, 0.2) is 54.6 Å². The van der Waals surface area contributed by atoms with Crippen molar-refractivity contribution < 1.29 is 19.4 Å². The maximum Gasteiger partial charge on any atom is 0.341 e. The lowest BCUT2D eigenvalue weighted by atomic mass is 10.1. The van der Waals surface area contributed by atoms with Crippen molar-refractivity contribution in [2.45, 2.75) is 20.4 Å². The van der Waals surface area contributed by atoms with E-state index in [9.17, 15) is 9.59 Å². The van der Waals surface area contributed by atoms with E-state index >= 15 is 0 Å². The molecule has 0 aliphatic carbocycles. The number of benzene rings is 3. The van der Waals surface area contributed by atoms with Gasteiger partial charge in [-0.05, 0) is 43.2 Å². The SMILES string of the molecule is Cc1cccc(Cn2c3cccc(C=O)c3c3c(OCC(=O)O)cc(C)cc32)c1. The van der Waals surface area contributed by atoms with Crippen LogP contribution in [0.5, 0.6) is 5.75 Å². The highest BCUT2D eigenvalue weighted by Gasteiger charge is 2.19. The van der Waals surface area contributed by atoms with Crippen LogP contribution in [0.25, 0.3) is 21.8 Å². The largest absolute Gasteiger partial charge is 0.481 e. The Morgan fingerprint density at radius 1 is 1.00 bits per heavy atom. The molecule has 146 valence electrons. The van der Waals surface area contributed by atoms with Gasteiger partial charge in [0.25, 0.3) is 0 Å². The number of carbonyl (C=O) groups excluding carboxylic acids is 1. The van der Waals surface area contributed by atoms with Crippen molar-refractivity contribution in [3.8, 4) is 5.75 Å². The molecule has 5 nitrogen and oxygen atoms in total. The lowest BCUT2D eigenvalue weighted by molar-refractivity contribution is -0.139. The summed E-state index contributed by atoms with van der Waals surface area (Å²) in [4.78, 5) is 22.8. The van der Waals surface area contributed by atoms with E-state index in [-0.39, 0.29) is 0 Å². The van der Waals surface area contributed by atoms with E-state index in [1.54, 1.807) is 6.07 Å². The summed E-state index contributed by atoms with van der Waals surface area (Å²) in [5, 5.41) is 10.6. The first kappa shape index (κ1) is 18.7. The predicted octanol–water partition coefficient (Wildman–Crippen LogP) is 4.74. The van der Waals surface area contributed by atoms with Gasteiger partial charge in [0.05, 0.1) is 16.4 Å². The molecule has 1 heterocycles. The van der Waals surface area contributed by atoms with Crippen molar-refractivity contribution in [3.63, 3.8) is 0 Å². The second-order valence-corrected chi connectivity index (χ2v) is 7.27. The zero-order chi connectivity index (χ0) is 20.5. The molecule has 0 spiro atoms. The number of ether oxygens (including phenoxy) is 1. The third-order valence-electron chi connectivity index (χ3n) is 5.03. The van der Waals surface area contributed by atoms with Crippen LogP contribution in [0.4, 0.5) is 0 Å². The number of nitrogens with zero attached hydrogens (tertiary/aromatic N) is 1. The van der Waals surface area contributed by atoms with Crippen LogP contribution in [0.1, 0.15) is 27.0 Å².